The monoisotopic (exact) mass is 219 g/mol. The van der Waals surface area contributed by atoms with Crippen molar-refractivity contribution in [3.63, 3.8) is 0 Å². The van der Waals surface area contributed by atoms with Crippen LogP contribution in [-0.2, 0) is 4.74 Å². The number of hydrogen-bond acceptors (Lipinski definition) is 3. The Bertz CT molecular complexity index is 545. The number of hydrogen-bond donors (Lipinski definition) is 1. The lowest BCUT2D eigenvalue weighted by Gasteiger charge is -2.04. The van der Waals surface area contributed by atoms with E-state index in [4.69, 9.17) is 0 Å². The Balaban J connectivity index is 2.43. The highest BCUT2D eigenvalue weighted by atomic mass is 16.5. The van der Waals surface area contributed by atoms with E-state index in [1.54, 1.807) is 6.07 Å². The van der Waals surface area contributed by atoms with Crippen LogP contribution in [0.3, 0.4) is 0 Å². The predicted molar refractivity (Wildman–Crippen MR) is 60.7 cm³/mol. The van der Waals surface area contributed by atoms with E-state index in [1.165, 1.54) is 7.11 Å². The molecule has 0 aliphatic rings. The number of fused-ring (bicyclic) bond motifs is 1. The number of aromatic nitrogens is 2. The van der Waals surface area contributed by atoms with Crippen molar-refractivity contribution in [3.05, 3.63) is 29.7 Å². The van der Waals surface area contributed by atoms with Gasteiger partial charge in [0.05, 0.1) is 18.5 Å². The van der Waals surface area contributed by atoms with Crippen molar-refractivity contribution >= 4 is 17.4 Å². The third kappa shape index (κ3) is 1.71. The van der Waals surface area contributed by atoms with Gasteiger partial charge in [0.15, 0.2) is 0 Å². The number of pyridine rings is 1. The molecule has 2 aromatic rings. The third-order valence-electron chi connectivity index (χ3n) is 2.53. The van der Waals surface area contributed by atoms with E-state index in [-0.39, 0.29) is 0 Å². The van der Waals surface area contributed by atoms with Gasteiger partial charge in [-0.25, -0.2) is 9.78 Å². The molecule has 0 saturated heterocycles. The van der Waals surface area contributed by atoms with Crippen LogP contribution in [0.2, 0.25) is 0 Å². The number of nitrogens with zero attached hydrogens (tertiary/aromatic N) is 2. The Morgan fingerprint density at radius 1 is 1.44 bits per heavy atom. The highest BCUT2D eigenvalue weighted by molar-refractivity contribution is 5.84. The molecule has 0 radical (unpaired) electrons. The number of ether oxygens (including phenoxy) is 1. The predicted octanol–water partition coefficient (Wildman–Crippen LogP) is 2.13. The number of nitrogens with one attached hydrogen (secondary N) is 1. The van der Waals surface area contributed by atoms with E-state index in [9.17, 15) is 4.79 Å². The fourth-order valence-electron chi connectivity index (χ4n) is 1.52. The molecular formula is C11H13N3O2. The molecule has 1 amide bonds. The topological polar surface area (TPSA) is 55.6 Å². The van der Waals surface area contributed by atoms with Gasteiger partial charge in [0, 0.05) is 11.9 Å². The number of amides is 1. The normalized spacial score (nSPS) is 10.4. The highest BCUT2D eigenvalue weighted by Crippen LogP contribution is 2.15. The smallest absolute Gasteiger partial charge is 0.411 e. The maximum Gasteiger partial charge on any atom is 0.411 e. The average Bonchev–Trinajstić information content (AvgIpc) is 2.55. The van der Waals surface area contributed by atoms with E-state index in [1.807, 2.05) is 30.5 Å². The zero-order valence-electron chi connectivity index (χ0n) is 9.44. The van der Waals surface area contributed by atoms with Crippen molar-refractivity contribution < 1.29 is 9.53 Å². The third-order valence-corrected chi connectivity index (χ3v) is 2.53. The number of carbonyl (C=O) groups is 1. The molecule has 16 heavy (non-hydrogen) atoms. The molecule has 0 atom stereocenters. The van der Waals surface area contributed by atoms with Crippen LogP contribution in [0.5, 0.6) is 0 Å². The highest BCUT2D eigenvalue weighted by Gasteiger charge is 2.06. The van der Waals surface area contributed by atoms with Crippen molar-refractivity contribution in [3.8, 4) is 0 Å². The van der Waals surface area contributed by atoms with Gasteiger partial charge in [-0.15, -0.1) is 0 Å². The van der Waals surface area contributed by atoms with E-state index in [0.717, 1.165) is 17.0 Å². The standard InChI is InChI=1S/C11H13N3O2/c1-7-8(2)14-6-9(13-11(15)16-3)4-5-10(14)12-7/h4-6H,1-3H3,(H,13,15). The van der Waals surface area contributed by atoms with Gasteiger partial charge in [-0.1, -0.05) is 0 Å². The molecular weight excluding hydrogens is 206 g/mol. The number of carbonyl (C=O) groups excluding carboxylic acids is 1. The maximum atomic E-state index is 11.0. The number of aryl methyl sites for hydroxylation is 2. The molecule has 2 heterocycles. The Morgan fingerprint density at radius 3 is 2.88 bits per heavy atom. The minimum atomic E-state index is -0.478. The summed E-state index contributed by atoms with van der Waals surface area (Å²) in [5.41, 5.74) is 3.59. The van der Waals surface area contributed by atoms with E-state index in [0.29, 0.717) is 5.69 Å². The molecule has 0 aromatic carbocycles. The van der Waals surface area contributed by atoms with Crippen LogP contribution in [0, 0.1) is 13.8 Å². The minimum absolute atomic E-state index is 0.478. The fourth-order valence-corrected chi connectivity index (χ4v) is 1.52. The lowest BCUT2D eigenvalue weighted by atomic mass is 10.4. The largest absolute Gasteiger partial charge is 0.453 e. The minimum Gasteiger partial charge on any atom is -0.453 e. The van der Waals surface area contributed by atoms with Crippen molar-refractivity contribution in [2.45, 2.75) is 13.8 Å². The van der Waals surface area contributed by atoms with Crippen LogP contribution in [-0.4, -0.2) is 22.6 Å². The average molecular weight is 219 g/mol. The van der Waals surface area contributed by atoms with Crippen LogP contribution >= 0.6 is 0 Å². The molecule has 0 aliphatic heterocycles. The van der Waals surface area contributed by atoms with Crippen LogP contribution in [0.4, 0.5) is 10.5 Å². The number of anilines is 1. The summed E-state index contributed by atoms with van der Waals surface area (Å²) >= 11 is 0. The van der Waals surface area contributed by atoms with E-state index in [2.05, 4.69) is 15.0 Å². The van der Waals surface area contributed by atoms with Crippen LogP contribution in [0.25, 0.3) is 5.65 Å². The molecule has 5 heteroatoms. The van der Waals surface area contributed by atoms with Crippen LogP contribution < -0.4 is 5.32 Å². The van der Waals surface area contributed by atoms with Gasteiger partial charge >= 0.3 is 6.09 Å². The number of rotatable bonds is 1. The Morgan fingerprint density at radius 2 is 2.19 bits per heavy atom. The molecule has 0 fully saturated rings. The molecule has 84 valence electrons. The van der Waals surface area contributed by atoms with E-state index >= 15 is 0 Å². The van der Waals surface area contributed by atoms with Crippen molar-refractivity contribution in [2.24, 2.45) is 0 Å². The first-order valence-electron chi connectivity index (χ1n) is 4.92. The number of imidazole rings is 1. The fraction of sp³-hybridized carbons (Fsp3) is 0.273. The molecule has 0 spiro atoms. The van der Waals surface area contributed by atoms with Gasteiger partial charge in [0.2, 0.25) is 0 Å². The van der Waals surface area contributed by atoms with Gasteiger partial charge in [-0.3, -0.25) is 5.32 Å². The molecule has 5 nitrogen and oxygen atoms in total. The Hall–Kier alpha value is -2.04. The summed E-state index contributed by atoms with van der Waals surface area (Å²) < 4.78 is 6.46. The zero-order valence-corrected chi connectivity index (χ0v) is 9.44. The Labute approximate surface area is 93.1 Å². The van der Waals surface area contributed by atoms with Gasteiger partial charge < -0.3 is 9.14 Å². The maximum absolute atomic E-state index is 11.0. The first-order valence-corrected chi connectivity index (χ1v) is 4.92. The first-order chi connectivity index (χ1) is 7.61. The lowest BCUT2D eigenvalue weighted by molar-refractivity contribution is 0.187. The zero-order chi connectivity index (χ0) is 11.7. The summed E-state index contributed by atoms with van der Waals surface area (Å²) in [7, 11) is 1.33. The van der Waals surface area contributed by atoms with Gasteiger partial charge in [0.1, 0.15) is 5.65 Å². The molecule has 0 bridgehead atoms. The summed E-state index contributed by atoms with van der Waals surface area (Å²) in [6, 6.07) is 3.64. The summed E-state index contributed by atoms with van der Waals surface area (Å²) in [5.74, 6) is 0. The molecule has 1 N–H and O–H groups in total. The molecule has 2 aromatic heterocycles. The van der Waals surface area contributed by atoms with Crippen LogP contribution in [0.15, 0.2) is 18.3 Å². The molecule has 0 saturated carbocycles. The van der Waals surface area contributed by atoms with Crippen LogP contribution in [0.1, 0.15) is 11.4 Å². The van der Waals surface area contributed by atoms with E-state index < -0.39 is 6.09 Å². The SMILES string of the molecule is COC(=O)Nc1ccc2nc(C)c(C)n2c1. The molecule has 0 unspecified atom stereocenters. The summed E-state index contributed by atoms with van der Waals surface area (Å²) in [6.07, 6.45) is 1.34. The summed E-state index contributed by atoms with van der Waals surface area (Å²) in [5, 5.41) is 2.61. The van der Waals surface area contributed by atoms with Crippen molar-refractivity contribution in [2.75, 3.05) is 12.4 Å². The summed E-state index contributed by atoms with van der Waals surface area (Å²) in [6.45, 7) is 3.94. The molecule has 2 rings (SSSR count). The second-order valence-corrected chi connectivity index (χ2v) is 3.55. The van der Waals surface area contributed by atoms with Gasteiger partial charge in [-0.2, -0.15) is 0 Å². The molecule has 0 aliphatic carbocycles. The van der Waals surface area contributed by atoms with Gasteiger partial charge in [0.25, 0.3) is 0 Å². The first kappa shape index (κ1) is 10.5. The number of methoxy groups -OCH3 is 1. The van der Waals surface area contributed by atoms with Crippen molar-refractivity contribution in [1.82, 2.24) is 9.38 Å². The second kappa shape index (κ2) is 3.84. The Kier molecular flexibility index (Phi) is 2.52. The second-order valence-electron chi connectivity index (χ2n) is 3.55. The van der Waals surface area contributed by atoms with Gasteiger partial charge in [-0.05, 0) is 26.0 Å². The summed E-state index contributed by atoms with van der Waals surface area (Å²) in [4.78, 5) is 15.4. The van der Waals surface area contributed by atoms with Crippen molar-refractivity contribution in [1.29, 1.82) is 0 Å². The lowest BCUT2D eigenvalue weighted by Crippen LogP contribution is -2.11. The quantitative estimate of drug-likeness (QED) is 0.799.